The number of hydrogen-bond acceptors (Lipinski definition) is 4. The molecule has 1 aliphatic rings. The number of hydrogen-bond donors (Lipinski definition) is 1. The standard InChI is InChI=1S/C17H24N6O.HI/c1-18-17(19-10-16-20-12-21-22(16)2)23-9-8-14(11-23)13-4-6-15(24-3)7-5-13;/h4-7,12,14H,8-11H2,1-3H3,(H,18,19);1H. The quantitative estimate of drug-likeness (QED) is 0.433. The molecule has 1 saturated heterocycles. The molecule has 1 aromatic heterocycles. The van der Waals surface area contributed by atoms with Gasteiger partial charge in [0.1, 0.15) is 17.9 Å². The van der Waals surface area contributed by atoms with E-state index in [-0.39, 0.29) is 24.0 Å². The average molecular weight is 456 g/mol. The third kappa shape index (κ3) is 4.62. The Morgan fingerprint density at radius 3 is 2.72 bits per heavy atom. The maximum atomic E-state index is 5.23. The summed E-state index contributed by atoms with van der Waals surface area (Å²) >= 11 is 0. The van der Waals surface area contributed by atoms with Crippen LogP contribution in [0, 0.1) is 0 Å². The topological polar surface area (TPSA) is 67.6 Å². The summed E-state index contributed by atoms with van der Waals surface area (Å²) in [6.07, 6.45) is 2.69. The highest BCUT2D eigenvalue weighted by molar-refractivity contribution is 14.0. The van der Waals surface area contributed by atoms with Gasteiger partial charge < -0.3 is 15.0 Å². The number of halogens is 1. The molecule has 1 aliphatic heterocycles. The van der Waals surface area contributed by atoms with Crippen LogP contribution in [0.1, 0.15) is 23.7 Å². The van der Waals surface area contributed by atoms with Gasteiger partial charge >= 0.3 is 0 Å². The number of nitrogens with zero attached hydrogens (tertiary/aromatic N) is 5. The van der Waals surface area contributed by atoms with Crippen molar-refractivity contribution < 1.29 is 4.74 Å². The maximum absolute atomic E-state index is 5.23. The van der Waals surface area contributed by atoms with E-state index >= 15 is 0 Å². The molecule has 2 aromatic rings. The van der Waals surface area contributed by atoms with Crippen LogP contribution in [0.25, 0.3) is 0 Å². The Kier molecular flexibility index (Phi) is 7.03. The Hall–Kier alpha value is -1.84. The molecule has 7 nitrogen and oxygen atoms in total. The van der Waals surface area contributed by atoms with Gasteiger partial charge in [-0.05, 0) is 24.1 Å². The number of benzene rings is 1. The molecule has 3 rings (SSSR count). The van der Waals surface area contributed by atoms with Crippen molar-refractivity contribution >= 4 is 29.9 Å². The normalized spacial score (nSPS) is 17.3. The van der Waals surface area contributed by atoms with E-state index in [4.69, 9.17) is 4.74 Å². The summed E-state index contributed by atoms with van der Waals surface area (Å²) in [6.45, 7) is 2.58. The summed E-state index contributed by atoms with van der Waals surface area (Å²) in [6, 6.07) is 8.36. The molecule has 1 N–H and O–H groups in total. The van der Waals surface area contributed by atoms with E-state index in [2.05, 4.69) is 37.4 Å². The third-order valence-corrected chi connectivity index (χ3v) is 4.50. The Morgan fingerprint density at radius 1 is 1.36 bits per heavy atom. The average Bonchev–Trinajstić information content (AvgIpc) is 3.25. The van der Waals surface area contributed by atoms with E-state index < -0.39 is 0 Å². The van der Waals surface area contributed by atoms with Crippen LogP contribution in [0.5, 0.6) is 5.75 Å². The predicted octanol–water partition coefficient (Wildman–Crippen LogP) is 2.01. The molecular formula is C17H25IN6O. The van der Waals surface area contributed by atoms with Crippen molar-refractivity contribution in [2.45, 2.75) is 18.9 Å². The molecule has 0 amide bonds. The smallest absolute Gasteiger partial charge is 0.194 e. The minimum Gasteiger partial charge on any atom is -0.497 e. The van der Waals surface area contributed by atoms with Crippen LogP contribution < -0.4 is 10.1 Å². The molecule has 0 bridgehead atoms. The van der Waals surface area contributed by atoms with Crippen molar-refractivity contribution in [1.29, 1.82) is 0 Å². The van der Waals surface area contributed by atoms with Gasteiger partial charge in [0.15, 0.2) is 5.96 Å². The molecule has 1 atom stereocenters. The highest BCUT2D eigenvalue weighted by Crippen LogP contribution is 2.28. The van der Waals surface area contributed by atoms with Crippen LogP contribution in [0.15, 0.2) is 35.6 Å². The Balaban J connectivity index is 0.00000225. The van der Waals surface area contributed by atoms with Gasteiger partial charge in [0, 0.05) is 33.1 Å². The fourth-order valence-electron chi connectivity index (χ4n) is 3.07. The van der Waals surface area contributed by atoms with Crippen LogP contribution in [0.4, 0.5) is 0 Å². The number of ether oxygens (including phenoxy) is 1. The molecule has 1 aromatic carbocycles. The molecule has 8 heteroatoms. The van der Waals surface area contributed by atoms with Gasteiger partial charge in [-0.3, -0.25) is 9.67 Å². The van der Waals surface area contributed by atoms with Gasteiger partial charge in [-0.25, -0.2) is 4.98 Å². The number of aliphatic imine (C=N–C) groups is 1. The van der Waals surface area contributed by atoms with Crippen LogP contribution >= 0.6 is 24.0 Å². The highest BCUT2D eigenvalue weighted by atomic mass is 127. The predicted molar refractivity (Wildman–Crippen MR) is 109 cm³/mol. The van der Waals surface area contributed by atoms with Crippen molar-refractivity contribution in [2.24, 2.45) is 12.0 Å². The minimum absolute atomic E-state index is 0. The second kappa shape index (κ2) is 9.02. The van der Waals surface area contributed by atoms with Crippen LogP contribution in [-0.4, -0.2) is 52.9 Å². The number of likely N-dealkylation sites (tertiary alicyclic amines) is 1. The summed E-state index contributed by atoms with van der Waals surface area (Å²) < 4.78 is 7.00. The van der Waals surface area contributed by atoms with Crippen LogP contribution in [0.3, 0.4) is 0 Å². The molecule has 2 heterocycles. The van der Waals surface area contributed by atoms with Crippen molar-refractivity contribution in [3.8, 4) is 5.75 Å². The lowest BCUT2D eigenvalue weighted by atomic mass is 9.98. The number of guanidine groups is 1. The Bertz CT molecular complexity index is 699. The summed E-state index contributed by atoms with van der Waals surface area (Å²) in [7, 11) is 5.40. The highest BCUT2D eigenvalue weighted by Gasteiger charge is 2.26. The largest absolute Gasteiger partial charge is 0.497 e. The zero-order chi connectivity index (χ0) is 16.9. The van der Waals surface area contributed by atoms with E-state index in [9.17, 15) is 0 Å². The van der Waals surface area contributed by atoms with E-state index in [1.807, 2.05) is 26.2 Å². The van der Waals surface area contributed by atoms with Crippen molar-refractivity contribution in [1.82, 2.24) is 25.0 Å². The van der Waals surface area contributed by atoms with Gasteiger partial charge in [0.25, 0.3) is 0 Å². The maximum Gasteiger partial charge on any atom is 0.194 e. The second-order valence-corrected chi connectivity index (χ2v) is 5.91. The summed E-state index contributed by atoms with van der Waals surface area (Å²) in [5.74, 6) is 3.22. The second-order valence-electron chi connectivity index (χ2n) is 5.91. The van der Waals surface area contributed by atoms with Crippen molar-refractivity contribution in [2.75, 3.05) is 27.2 Å². The summed E-state index contributed by atoms with van der Waals surface area (Å²) in [5.41, 5.74) is 1.35. The lowest BCUT2D eigenvalue weighted by Gasteiger charge is -2.21. The first kappa shape index (κ1) is 19.5. The molecule has 136 valence electrons. The van der Waals surface area contributed by atoms with E-state index in [1.54, 1.807) is 18.1 Å². The van der Waals surface area contributed by atoms with Gasteiger partial charge in [-0.15, -0.1) is 24.0 Å². The number of methoxy groups -OCH3 is 1. The van der Waals surface area contributed by atoms with Crippen molar-refractivity contribution in [3.05, 3.63) is 42.0 Å². The van der Waals surface area contributed by atoms with E-state index in [0.717, 1.165) is 37.0 Å². The fraction of sp³-hybridized carbons (Fsp3) is 0.471. The summed E-state index contributed by atoms with van der Waals surface area (Å²) in [5, 5.41) is 7.46. The number of aromatic nitrogens is 3. The number of nitrogens with one attached hydrogen (secondary N) is 1. The fourth-order valence-corrected chi connectivity index (χ4v) is 3.07. The molecule has 0 spiro atoms. The first-order chi connectivity index (χ1) is 11.7. The SMILES string of the molecule is CN=C(NCc1ncnn1C)N1CCC(c2ccc(OC)cc2)C1.I. The van der Waals surface area contributed by atoms with E-state index in [0.29, 0.717) is 12.5 Å². The lowest BCUT2D eigenvalue weighted by Crippen LogP contribution is -2.40. The minimum atomic E-state index is 0. The number of rotatable bonds is 4. The molecule has 25 heavy (non-hydrogen) atoms. The van der Waals surface area contributed by atoms with Crippen LogP contribution in [0.2, 0.25) is 0 Å². The monoisotopic (exact) mass is 456 g/mol. The third-order valence-electron chi connectivity index (χ3n) is 4.50. The molecule has 0 saturated carbocycles. The van der Waals surface area contributed by atoms with Gasteiger partial charge in [-0.2, -0.15) is 5.10 Å². The van der Waals surface area contributed by atoms with Crippen LogP contribution in [-0.2, 0) is 13.6 Å². The number of aryl methyl sites for hydroxylation is 1. The molecular weight excluding hydrogens is 431 g/mol. The lowest BCUT2D eigenvalue weighted by molar-refractivity contribution is 0.414. The zero-order valence-electron chi connectivity index (χ0n) is 14.8. The molecule has 0 aliphatic carbocycles. The summed E-state index contributed by atoms with van der Waals surface area (Å²) in [4.78, 5) is 10.9. The van der Waals surface area contributed by atoms with E-state index in [1.165, 1.54) is 5.56 Å². The molecule has 1 unspecified atom stereocenters. The van der Waals surface area contributed by atoms with Gasteiger partial charge in [0.2, 0.25) is 0 Å². The molecule has 0 radical (unpaired) electrons. The van der Waals surface area contributed by atoms with Gasteiger partial charge in [0.05, 0.1) is 13.7 Å². The van der Waals surface area contributed by atoms with Crippen molar-refractivity contribution in [3.63, 3.8) is 0 Å². The first-order valence-corrected chi connectivity index (χ1v) is 8.13. The Morgan fingerprint density at radius 2 is 2.12 bits per heavy atom. The van der Waals surface area contributed by atoms with Gasteiger partial charge in [-0.1, -0.05) is 12.1 Å². The first-order valence-electron chi connectivity index (χ1n) is 8.13. The Labute approximate surface area is 165 Å². The zero-order valence-corrected chi connectivity index (χ0v) is 17.2. The molecule has 1 fully saturated rings.